The number of hydrogen-bond donors (Lipinski definition) is 1. The maximum atomic E-state index is 14.0. The van der Waals surface area contributed by atoms with Gasteiger partial charge in [-0.3, -0.25) is 13.9 Å². The first-order chi connectivity index (χ1) is 18.8. The van der Waals surface area contributed by atoms with Gasteiger partial charge in [0.2, 0.25) is 11.8 Å². The monoisotopic (exact) mass is 607 g/mol. The van der Waals surface area contributed by atoms with E-state index in [9.17, 15) is 22.4 Å². The lowest BCUT2D eigenvalue weighted by molar-refractivity contribution is -0.140. The highest BCUT2D eigenvalue weighted by Crippen LogP contribution is 2.27. The second-order valence-electron chi connectivity index (χ2n) is 9.66. The van der Waals surface area contributed by atoms with Crippen molar-refractivity contribution in [3.63, 3.8) is 0 Å². The molecular weight excluding hydrogens is 576 g/mol. The summed E-state index contributed by atoms with van der Waals surface area (Å²) in [5, 5.41) is 3.45. The summed E-state index contributed by atoms with van der Waals surface area (Å²) in [5.74, 6) is -1.56. The zero-order valence-electron chi connectivity index (χ0n) is 22.7. The van der Waals surface area contributed by atoms with Gasteiger partial charge in [0.1, 0.15) is 18.4 Å². The number of benzene rings is 3. The van der Waals surface area contributed by atoms with Gasteiger partial charge in [-0.15, -0.1) is 0 Å². The number of aryl methyl sites for hydroxylation is 1. The number of anilines is 1. The van der Waals surface area contributed by atoms with E-state index >= 15 is 0 Å². The van der Waals surface area contributed by atoms with Crippen LogP contribution in [0.2, 0.25) is 10.0 Å². The summed E-state index contributed by atoms with van der Waals surface area (Å²) in [5.41, 5.74) is 1.57. The highest BCUT2D eigenvalue weighted by atomic mass is 35.5. The Kier molecular flexibility index (Phi) is 10.6. The number of nitrogens with zero attached hydrogens (tertiary/aromatic N) is 2. The third kappa shape index (κ3) is 7.74. The number of sulfonamides is 1. The molecule has 40 heavy (non-hydrogen) atoms. The van der Waals surface area contributed by atoms with Crippen molar-refractivity contribution in [3.8, 4) is 0 Å². The van der Waals surface area contributed by atoms with E-state index < -0.39 is 34.3 Å². The Hall–Kier alpha value is -3.14. The molecule has 0 saturated carbocycles. The van der Waals surface area contributed by atoms with E-state index in [1.165, 1.54) is 29.2 Å². The fourth-order valence-corrected chi connectivity index (χ4v) is 5.84. The van der Waals surface area contributed by atoms with E-state index in [4.69, 9.17) is 23.2 Å². The first kappa shape index (κ1) is 31.4. The second-order valence-corrected chi connectivity index (χ2v) is 12.3. The molecule has 0 fully saturated rings. The van der Waals surface area contributed by atoms with E-state index in [1.807, 2.05) is 6.92 Å². The van der Waals surface area contributed by atoms with Crippen LogP contribution in [0.3, 0.4) is 0 Å². The van der Waals surface area contributed by atoms with Crippen LogP contribution >= 0.6 is 23.2 Å². The SMILES string of the molecule is CC[C@H](C(=O)NC(C)C)N(Cc1ccc(Cl)c(Cl)c1)C(=O)CN(c1ccc(F)cc1)S(=O)(=O)c1ccc(C)cc1. The van der Waals surface area contributed by atoms with Crippen molar-refractivity contribution in [1.29, 1.82) is 0 Å². The summed E-state index contributed by atoms with van der Waals surface area (Å²) in [7, 11) is -4.24. The van der Waals surface area contributed by atoms with Gasteiger partial charge in [0.15, 0.2) is 0 Å². The molecule has 0 aliphatic carbocycles. The Balaban J connectivity index is 2.07. The summed E-state index contributed by atoms with van der Waals surface area (Å²) in [6.07, 6.45) is 0.271. The smallest absolute Gasteiger partial charge is 0.264 e. The molecule has 7 nitrogen and oxygen atoms in total. The molecule has 3 aromatic rings. The molecule has 3 aromatic carbocycles. The molecule has 0 aliphatic heterocycles. The minimum absolute atomic E-state index is 0.0262. The van der Waals surface area contributed by atoms with Crippen LogP contribution in [0.4, 0.5) is 10.1 Å². The van der Waals surface area contributed by atoms with Crippen LogP contribution in [0, 0.1) is 12.7 Å². The quantitative estimate of drug-likeness (QED) is 0.291. The molecule has 0 radical (unpaired) electrons. The van der Waals surface area contributed by atoms with Gasteiger partial charge < -0.3 is 10.2 Å². The average molecular weight is 609 g/mol. The fourth-order valence-electron chi connectivity index (χ4n) is 4.11. The zero-order chi connectivity index (χ0) is 29.6. The lowest BCUT2D eigenvalue weighted by atomic mass is 10.1. The van der Waals surface area contributed by atoms with E-state index in [0.29, 0.717) is 10.6 Å². The van der Waals surface area contributed by atoms with Crippen molar-refractivity contribution in [1.82, 2.24) is 10.2 Å². The summed E-state index contributed by atoms with van der Waals surface area (Å²) >= 11 is 12.3. The number of carbonyl (C=O) groups excluding carboxylic acids is 2. The van der Waals surface area contributed by atoms with Gasteiger partial charge in [-0.1, -0.05) is 53.9 Å². The lowest BCUT2D eigenvalue weighted by Crippen LogP contribution is -2.53. The zero-order valence-corrected chi connectivity index (χ0v) is 25.0. The number of hydrogen-bond acceptors (Lipinski definition) is 4. The van der Waals surface area contributed by atoms with Crippen LogP contribution < -0.4 is 9.62 Å². The predicted molar refractivity (Wildman–Crippen MR) is 156 cm³/mol. The highest BCUT2D eigenvalue weighted by Gasteiger charge is 2.34. The largest absolute Gasteiger partial charge is 0.352 e. The number of amides is 2. The van der Waals surface area contributed by atoms with Gasteiger partial charge in [-0.25, -0.2) is 12.8 Å². The van der Waals surface area contributed by atoms with E-state index in [1.54, 1.807) is 51.1 Å². The molecule has 2 amide bonds. The highest BCUT2D eigenvalue weighted by molar-refractivity contribution is 7.92. The van der Waals surface area contributed by atoms with Gasteiger partial charge in [0.25, 0.3) is 10.0 Å². The molecule has 11 heteroatoms. The normalized spacial score (nSPS) is 12.2. The Bertz CT molecular complexity index is 1450. The van der Waals surface area contributed by atoms with E-state index in [-0.39, 0.29) is 40.5 Å². The number of rotatable bonds is 11. The first-order valence-electron chi connectivity index (χ1n) is 12.7. The topological polar surface area (TPSA) is 86.8 Å². The molecule has 1 atom stereocenters. The third-order valence-corrected chi connectivity index (χ3v) is 8.68. The standard InChI is InChI=1S/C29H32Cl2FN3O4S/c1-5-27(29(37)33-19(2)3)34(17-21-8-15-25(30)26(31)16-21)28(36)18-35(23-11-9-22(32)10-12-23)40(38,39)24-13-6-20(4)7-14-24/h6-16,19,27H,5,17-18H2,1-4H3,(H,33,37)/t27-/m1/s1. The molecule has 0 bridgehead atoms. The third-order valence-electron chi connectivity index (χ3n) is 6.16. The van der Waals surface area contributed by atoms with Crippen molar-refractivity contribution >= 4 is 50.7 Å². The summed E-state index contributed by atoms with van der Waals surface area (Å²) < 4.78 is 42.3. The van der Waals surface area contributed by atoms with Crippen molar-refractivity contribution in [2.45, 2.75) is 57.6 Å². The molecule has 0 aliphatic rings. The van der Waals surface area contributed by atoms with Gasteiger partial charge in [-0.2, -0.15) is 0 Å². The van der Waals surface area contributed by atoms with Crippen LogP contribution in [-0.2, 0) is 26.2 Å². The van der Waals surface area contributed by atoms with Gasteiger partial charge in [0.05, 0.1) is 20.6 Å². The van der Waals surface area contributed by atoms with Crippen LogP contribution in [0.1, 0.15) is 38.3 Å². The molecule has 0 aromatic heterocycles. The number of halogens is 3. The van der Waals surface area contributed by atoms with Crippen LogP contribution in [0.25, 0.3) is 0 Å². The average Bonchev–Trinajstić information content (AvgIpc) is 2.89. The van der Waals surface area contributed by atoms with Gasteiger partial charge in [0, 0.05) is 12.6 Å². The molecular formula is C29H32Cl2FN3O4S. The lowest BCUT2D eigenvalue weighted by Gasteiger charge is -2.33. The summed E-state index contributed by atoms with van der Waals surface area (Å²) in [6, 6.07) is 14.8. The molecule has 0 saturated heterocycles. The number of carbonyl (C=O) groups is 2. The Labute approximate surface area is 244 Å². The Morgan fingerprint density at radius 1 is 0.950 bits per heavy atom. The molecule has 0 unspecified atom stereocenters. The van der Waals surface area contributed by atoms with Crippen LogP contribution in [-0.4, -0.2) is 43.8 Å². The minimum Gasteiger partial charge on any atom is -0.352 e. The molecule has 214 valence electrons. The molecule has 0 spiro atoms. The van der Waals surface area contributed by atoms with E-state index in [0.717, 1.165) is 22.0 Å². The van der Waals surface area contributed by atoms with Crippen LogP contribution in [0.5, 0.6) is 0 Å². The van der Waals surface area contributed by atoms with Gasteiger partial charge >= 0.3 is 0 Å². The first-order valence-corrected chi connectivity index (χ1v) is 14.9. The van der Waals surface area contributed by atoms with Gasteiger partial charge in [-0.05, 0) is 81.3 Å². The molecule has 1 N–H and O–H groups in total. The minimum atomic E-state index is -4.24. The summed E-state index contributed by atoms with van der Waals surface area (Å²) in [4.78, 5) is 28.4. The Morgan fingerprint density at radius 2 is 1.57 bits per heavy atom. The predicted octanol–water partition coefficient (Wildman–Crippen LogP) is 5.97. The van der Waals surface area contributed by atoms with Crippen molar-refractivity contribution in [2.24, 2.45) is 0 Å². The van der Waals surface area contributed by atoms with Crippen molar-refractivity contribution in [2.75, 3.05) is 10.8 Å². The summed E-state index contributed by atoms with van der Waals surface area (Å²) in [6.45, 7) is 6.54. The van der Waals surface area contributed by atoms with Crippen LogP contribution in [0.15, 0.2) is 71.6 Å². The molecule has 0 heterocycles. The van der Waals surface area contributed by atoms with Crippen molar-refractivity contribution in [3.05, 3.63) is 93.7 Å². The maximum absolute atomic E-state index is 14.0. The molecule has 3 rings (SSSR count). The maximum Gasteiger partial charge on any atom is 0.264 e. The van der Waals surface area contributed by atoms with Crippen molar-refractivity contribution < 1.29 is 22.4 Å². The fraction of sp³-hybridized carbons (Fsp3) is 0.310. The second kappa shape index (κ2) is 13.5. The van der Waals surface area contributed by atoms with E-state index in [2.05, 4.69) is 5.32 Å². The Morgan fingerprint density at radius 3 is 2.12 bits per heavy atom. The number of nitrogens with one attached hydrogen (secondary N) is 1.